The molecule has 0 aliphatic rings. The van der Waals surface area contributed by atoms with E-state index < -0.39 is 5.97 Å². The van der Waals surface area contributed by atoms with Crippen LogP contribution < -0.4 is 0 Å². The van der Waals surface area contributed by atoms with Crippen molar-refractivity contribution < 1.29 is 14.3 Å². The maximum absolute atomic E-state index is 10.1. The van der Waals surface area contributed by atoms with Gasteiger partial charge in [0, 0.05) is 19.3 Å². The first-order valence-corrected chi connectivity index (χ1v) is 4.10. The lowest BCUT2D eigenvalue weighted by atomic mass is 10.5. The molecule has 0 spiro atoms. The molecule has 0 saturated carbocycles. The molecule has 0 N–H and O–H groups in total. The van der Waals surface area contributed by atoms with Crippen molar-refractivity contribution in [2.24, 2.45) is 0 Å². The second kappa shape index (κ2) is 7.91. The van der Waals surface area contributed by atoms with Gasteiger partial charge in [0.2, 0.25) is 0 Å². The highest BCUT2D eigenvalue weighted by Gasteiger charge is 1.94. The van der Waals surface area contributed by atoms with Crippen LogP contribution in [-0.4, -0.2) is 23.3 Å². The number of pyridine rings is 1. The third kappa shape index (κ3) is 10.3. The zero-order valence-corrected chi connectivity index (χ0v) is 8.27. The molecule has 0 fully saturated rings. The summed E-state index contributed by atoms with van der Waals surface area (Å²) in [5.74, 6) is -0.555. The Morgan fingerprint density at radius 3 is 1.86 bits per heavy atom. The molecule has 1 aromatic rings. The minimum absolute atomic E-state index is 0.102. The molecule has 76 valence electrons. The lowest BCUT2D eigenvalue weighted by Crippen LogP contribution is -2.07. The Balaban J connectivity index is 0.000000249. The Morgan fingerprint density at radius 2 is 1.71 bits per heavy atom. The summed E-state index contributed by atoms with van der Waals surface area (Å²) in [5.41, 5.74) is 0. The van der Waals surface area contributed by atoms with Gasteiger partial charge in [0.05, 0.1) is 0 Å². The standard InChI is InChI=1S/C5H5N.C5H8O3/c1-2-4-6-5-3-1;1-4(6)3-8-5(2)7/h1-5H;3H2,1-2H3. The quantitative estimate of drug-likeness (QED) is 0.666. The predicted molar refractivity (Wildman–Crippen MR) is 51.6 cm³/mol. The van der Waals surface area contributed by atoms with Gasteiger partial charge in [0.25, 0.3) is 0 Å². The molecule has 0 unspecified atom stereocenters. The van der Waals surface area contributed by atoms with E-state index >= 15 is 0 Å². The van der Waals surface area contributed by atoms with Crippen LogP contribution in [0.5, 0.6) is 0 Å². The molecular weight excluding hydrogens is 182 g/mol. The molecule has 1 heterocycles. The number of carbonyl (C=O) groups excluding carboxylic acids is 2. The number of hydrogen-bond acceptors (Lipinski definition) is 4. The lowest BCUT2D eigenvalue weighted by molar-refractivity contribution is -0.145. The number of hydrogen-bond donors (Lipinski definition) is 0. The molecule has 4 nitrogen and oxygen atoms in total. The van der Waals surface area contributed by atoms with Gasteiger partial charge in [-0.1, -0.05) is 6.07 Å². The molecule has 0 aliphatic carbocycles. The number of ketones is 1. The Labute approximate surface area is 82.9 Å². The molecule has 0 bridgehead atoms. The summed E-state index contributed by atoms with van der Waals surface area (Å²) in [6.45, 7) is 2.53. The van der Waals surface area contributed by atoms with E-state index in [0.29, 0.717) is 0 Å². The summed E-state index contributed by atoms with van der Waals surface area (Å²) < 4.78 is 4.31. The van der Waals surface area contributed by atoms with Crippen LogP contribution in [0.4, 0.5) is 0 Å². The highest BCUT2D eigenvalue weighted by Crippen LogP contribution is 1.75. The number of carbonyl (C=O) groups is 2. The van der Waals surface area contributed by atoms with Crippen molar-refractivity contribution in [3.63, 3.8) is 0 Å². The first-order valence-electron chi connectivity index (χ1n) is 4.10. The van der Waals surface area contributed by atoms with Gasteiger partial charge in [0.15, 0.2) is 5.78 Å². The summed E-state index contributed by atoms with van der Waals surface area (Å²) >= 11 is 0. The van der Waals surface area contributed by atoms with E-state index in [1.54, 1.807) is 12.4 Å². The fraction of sp³-hybridized carbons (Fsp3) is 0.300. The molecule has 0 amide bonds. The molecule has 14 heavy (non-hydrogen) atoms. The molecule has 0 aliphatic heterocycles. The maximum Gasteiger partial charge on any atom is 0.303 e. The number of esters is 1. The van der Waals surface area contributed by atoms with Crippen LogP contribution >= 0.6 is 0 Å². The molecule has 1 rings (SSSR count). The molecule has 4 heteroatoms. The predicted octanol–water partition coefficient (Wildman–Crippen LogP) is 1.22. The number of aromatic nitrogens is 1. The summed E-state index contributed by atoms with van der Waals surface area (Å²) in [6, 6.07) is 5.72. The van der Waals surface area contributed by atoms with E-state index in [1.807, 2.05) is 18.2 Å². The third-order valence-electron chi connectivity index (χ3n) is 1.05. The summed E-state index contributed by atoms with van der Waals surface area (Å²) in [4.78, 5) is 23.8. The SMILES string of the molecule is CC(=O)COC(C)=O.c1ccncc1. The van der Waals surface area contributed by atoms with Crippen LogP contribution in [-0.2, 0) is 14.3 Å². The zero-order valence-electron chi connectivity index (χ0n) is 8.27. The van der Waals surface area contributed by atoms with Gasteiger partial charge in [-0.2, -0.15) is 0 Å². The van der Waals surface area contributed by atoms with Crippen molar-refractivity contribution in [2.45, 2.75) is 13.8 Å². The zero-order chi connectivity index (χ0) is 10.8. The molecule has 0 radical (unpaired) electrons. The van der Waals surface area contributed by atoms with Crippen molar-refractivity contribution in [3.8, 4) is 0 Å². The van der Waals surface area contributed by atoms with Gasteiger partial charge in [-0.3, -0.25) is 14.6 Å². The smallest absolute Gasteiger partial charge is 0.303 e. The summed E-state index contributed by atoms with van der Waals surface area (Å²) in [5, 5.41) is 0. The fourth-order valence-electron chi connectivity index (χ4n) is 0.516. The lowest BCUT2D eigenvalue weighted by Gasteiger charge is -1.93. The van der Waals surface area contributed by atoms with E-state index in [0.717, 1.165) is 0 Å². The van der Waals surface area contributed by atoms with Crippen LogP contribution in [0.15, 0.2) is 30.6 Å². The minimum Gasteiger partial charge on any atom is -0.458 e. The fourth-order valence-corrected chi connectivity index (χ4v) is 0.516. The maximum atomic E-state index is 10.1. The first kappa shape index (κ1) is 12.3. The number of nitrogens with zero attached hydrogens (tertiary/aromatic N) is 1. The van der Waals surface area contributed by atoms with E-state index in [2.05, 4.69) is 9.72 Å². The Hall–Kier alpha value is -1.71. The number of rotatable bonds is 2. The highest BCUT2D eigenvalue weighted by molar-refractivity contribution is 5.79. The molecule has 0 aromatic carbocycles. The minimum atomic E-state index is -0.416. The summed E-state index contributed by atoms with van der Waals surface area (Å²) in [7, 11) is 0. The second-order valence-corrected chi connectivity index (χ2v) is 2.51. The van der Waals surface area contributed by atoms with Gasteiger partial charge in [-0.05, 0) is 19.1 Å². The third-order valence-corrected chi connectivity index (χ3v) is 1.05. The van der Waals surface area contributed by atoms with Crippen molar-refractivity contribution >= 4 is 11.8 Å². The largest absolute Gasteiger partial charge is 0.458 e. The Kier molecular flexibility index (Phi) is 6.95. The molecule has 1 aromatic heterocycles. The van der Waals surface area contributed by atoms with E-state index in [-0.39, 0.29) is 12.4 Å². The van der Waals surface area contributed by atoms with Gasteiger partial charge in [-0.25, -0.2) is 0 Å². The second-order valence-electron chi connectivity index (χ2n) is 2.51. The van der Waals surface area contributed by atoms with Crippen molar-refractivity contribution in [1.82, 2.24) is 4.98 Å². The van der Waals surface area contributed by atoms with Crippen LogP contribution in [0.1, 0.15) is 13.8 Å². The number of ether oxygens (including phenoxy) is 1. The topological polar surface area (TPSA) is 56.3 Å². The van der Waals surface area contributed by atoms with Crippen LogP contribution in [0.3, 0.4) is 0 Å². The average molecular weight is 195 g/mol. The van der Waals surface area contributed by atoms with Crippen molar-refractivity contribution in [1.29, 1.82) is 0 Å². The van der Waals surface area contributed by atoms with Crippen molar-refractivity contribution in [2.75, 3.05) is 6.61 Å². The molecule has 0 atom stereocenters. The monoisotopic (exact) mass is 195 g/mol. The van der Waals surface area contributed by atoms with Gasteiger partial charge >= 0.3 is 5.97 Å². The molecule has 0 saturated heterocycles. The van der Waals surface area contributed by atoms with Gasteiger partial charge in [0.1, 0.15) is 6.61 Å². The Morgan fingerprint density at radius 1 is 1.14 bits per heavy atom. The highest BCUT2D eigenvalue weighted by atomic mass is 16.5. The first-order chi connectivity index (χ1) is 6.63. The van der Waals surface area contributed by atoms with Crippen molar-refractivity contribution in [3.05, 3.63) is 30.6 Å². The van der Waals surface area contributed by atoms with Gasteiger partial charge in [-0.15, -0.1) is 0 Å². The molecular formula is C10H13NO3. The Bertz CT molecular complexity index is 231. The van der Waals surface area contributed by atoms with Crippen LogP contribution in [0, 0.1) is 0 Å². The van der Waals surface area contributed by atoms with Gasteiger partial charge < -0.3 is 4.74 Å². The van der Waals surface area contributed by atoms with E-state index in [9.17, 15) is 9.59 Å². The normalized spacial score (nSPS) is 8.14. The van der Waals surface area contributed by atoms with E-state index in [1.165, 1.54) is 13.8 Å². The van der Waals surface area contributed by atoms with Crippen LogP contribution in [0.2, 0.25) is 0 Å². The average Bonchev–Trinajstić information content (AvgIpc) is 2.18. The summed E-state index contributed by atoms with van der Waals surface area (Å²) in [6.07, 6.45) is 3.50. The van der Waals surface area contributed by atoms with E-state index in [4.69, 9.17) is 0 Å². The number of Topliss-reactive ketones (excluding diaryl/α,β-unsaturated/α-hetero) is 1. The van der Waals surface area contributed by atoms with Crippen LogP contribution in [0.25, 0.3) is 0 Å².